The maximum Gasteiger partial charge on any atom is 0.266 e. The van der Waals surface area contributed by atoms with E-state index in [1.165, 1.54) is 24.1 Å². The minimum Gasteiger partial charge on any atom is -0.354 e. The summed E-state index contributed by atoms with van der Waals surface area (Å²) < 4.78 is 1.58. The van der Waals surface area contributed by atoms with Gasteiger partial charge < -0.3 is 4.90 Å². The second kappa shape index (κ2) is 5.76. The van der Waals surface area contributed by atoms with Gasteiger partial charge in [0.1, 0.15) is 0 Å². The van der Waals surface area contributed by atoms with Gasteiger partial charge in [-0.2, -0.15) is 10.2 Å². The highest BCUT2D eigenvalue weighted by molar-refractivity contribution is 5.44. The topological polar surface area (TPSA) is 63.9 Å². The van der Waals surface area contributed by atoms with E-state index >= 15 is 0 Å². The molecule has 0 aromatic carbocycles. The molecule has 3 heterocycles. The summed E-state index contributed by atoms with van der Waals surface area (Å²) in [6.45, 7) is 4.41. The highest BCUT2D eigenvalue weighted by Crippen LogP contribution is 2.27. The maximum atomic E-state index is 11.8. The summed E-state index contributed by atoms with van der Waals surface area (Å²) in [6, 6.07) is 5.55. The van der Waals surface area contributed by atoms with E-state index in [2.05, 4.69) is 26.3 Å². The van der Waals surface area contributed by atoms with Crippen molar-refractivity contribution in [3.8, 4) is 0 Å². The standard InChI is InChI=1S/C17H21N5O/c1-12-6-7-17(23)22(20-12)11-13-9-21(10-13)16-8-14-4-2-3-5-15(14)18-19-16/h6-8,13H,2-5,9-11H2,1H3. The van der Waals surface area contributed by atoms with Crippen molar-refractivity contribution in [1.29, 1.82) is 0 Å². The first-order valence-corrected chi connectivity index (χ1v) is 8.34. The van der Waals surface area contributed by atoms with Crippen LogP contribution in [0.3, 0.4) is 0 Å². The fraction of sp³-hybridized carbons (Fsp3) is 0.529. The van der Waals surface area contributed by atoms with E-state index < -0.39 is 0 Å². The summed E-state index contributed by atoms with van der Waals surface area (Å²) in [5, 5.41) is 13.1. The SMILES string of the molecule is Cc1ccc(=O)n(CC2CN(c3cc4c(nn3)CCCC4)C2)n1. The third kappa shape index (κ3) is 2.85. The lowest BCUT2D eigenvalue weighted by Crippen LogP contribution is -2.50. The van der Waals surface area contributed by atoms with Crippen LogP contribution in [-0.4, -0.2) is 33.1 Å². The Morgan fingerprint density at radius 2 is 2.00 bits per heavy atom. The zero-order chi connectivity index (χ0) is 15.8. The molecular weight excluding hydrogens is 290 g/mol. The quantitative estimate of drug-likeness (QED) is 0.856. The first-order chi connectivity index (χ1) is 11.2. The van der Waals surface area contributed by atoms with Crippen molar-refractivity contribution in [1.82, 2.24) is 20.0 Å². The Bertz CT molecular complexity index is 779. The predicted octanol–water partition coefficient (Wildman–Crippen LogP) is 1.36. The second-order valence-electron chi connectivity index (χ2n) is 6.65. The number of fused-ring (bicyclic) bond motifs is 1. The van der Waals surface area contributed by atoms with E-state index in [0.717, 1.165) is 37.4 Å². The van der Waals surface area contributed by atoms with Crippen LogP contribution >= 0.6 is 0 Å². The predicted molar refractivity (Wildman–Crippen MR) is 87.6 cm³/mol. The number of anilines is 1. The molecule has 1 saturated heterocycles. The van der Waals surface area contributed by atoms with Gasteiger partial charge in [0.15, 0.2) is 5.82 Å². The summed E-state index contributed by atoms with van der Waals surface area (Å²) in [6.07, 6.45) is 4.67. The molecule has 0 bridgehead atoms. The fourth-order valence-electron chi connectivity index (χ4n) is 3.43. The van der Waals surface area contributed by atoms with Gasteiger partial charge in [-0.05, 0) is 50.3 Å². The van der Waals surface area contributed by atoms with Crippen molar-refractivity contribution >= 4 is 5.82 Å². The van der Waals surface area contributed by atoms with Gasteiger partial charge in [-0.1, -0.05) is 0 Å². The zero-order valence-electron chi connectivity index (χ0n) is 13.4. The van der Waals surface area contributed by atoms with Gasteiger partial charge in [-0.3, -0.25) is 4.79 Å². The molecule has 0 amide bonds. The normalized spacial score (nSPS) is 17.7. The molecule has 4 rings (SSSR count). The molecule has 0 atom stereocenters. The van der Waals surface area contributed by atoms with Crippen LogP contribution in [0.1, 0.15) is 29.8 Å². The van der Waals surface area contributed by atoms with E-state index in [0.29, 0.717) is 12.5 Å². The van der Waals surface area contributed by atoms with Gasteiger partial charge in [0.05, 0.1) is 17.9 Å². The van der Waals surface area contributed by atoms with Crippen LogP contribution in [0.2, 0.25) is 0 Å². The van der Waals surface area contributed by atoms with Gasteiger partial charge >= 0.3 is 0 Å². The van der Waals surface area contributed by atoms with Crippen molar-refractivity contribution in [2.45, 2.75) is 39.2 Å². The smallest absolute Gasteiger partial charge is 0.266 e. The molecule has 2 aromatic rings. The Morgan fingerprint density at radius 1 is 1.17 bits per heavy atom. The van der Waals surface area contributed by atoms with Crippen molar-refractivity contribution in [3.05, 3.63) is 45.5 Å². The molecule has 0 unspecified atom stereocenters. The van der Waals surface area contributed by atoms with E-state index in [1.807, 2.05) is 6.92 Å². The Morgan fingerprint density at radius 3 is 2.87 bits per heavy atom. The van der Waals surface area contributed by atoms with E-state index in [9.17, 15) is 4.79 Å². The minimum atomic E-state index is -0.0253. The van der Waals surface area contributed by atoms with Gasteiger partial charge in [0.25, 0.3) is 5.56 Å². The van der Waals surface area contributed by atoms with Gasteiger partial charge in [-0.25, -0.2) is 4.68 Å². The number of aryl methyl sites for hydroxylation is 3. The van der Waals surface area contributed by atoms with Crippen LogP contribution in [0.15, 0.2) is 23.0 Å². The molecule has 6 heteroatoms. The summed E-state index contributed by atoms with van der Waals surface area (Å²) >= 11 is 0. The van der Waals surface area contributed by atoms with Crippen LogP contribution in [-0.2, 0) is 19.4 Å². The fourth-order valence-corrected chi connectivity index (χ4v) is 3.43. The van der Waals surface area contributed by atoms with Crippen LogP contribution in [0.5, 0.6) is 0 Å². The molecule has 6 nitrogen and oxygen atoms in total. The van der Waals surface area contributed by atoms with Crippen LogP contribution in [0.25, 0.3) is 0 Å². The number of hydrogen-bond donors (Lipinski definition) is 0. The van der Waals surface area contributed by atoms with Gasteiger partial charge in [-0.15, -0.1) is 5.10 Å². The Kier molecular flexibility index (Phi) is 3.59. The average molecular weight is 311 g/mol. The average Bonchev–Trinajstić information content (AvgIpc) is 2.53. The lowest BCUT2D eigenvalue weighted by Gasteiger charge is -2.40. The van der Waals surface area contributed by atoms with Crippen molar-refractivity contribution in [2.24, 2.45) is 5.92 Å². The largest absolute Gasteiger partial charge is 0.354 e. The summed E-state index contributed by atoms with van der Waals surface area (Å²) in [7, 11) is 0. The maximum absolute atomic E-state index is 11.8. The molecular formula is C17H21N5O. The number of aromatic nitrogens is 4. The van der Waals surface area contributed by atoms with Gasteiger partial charge in [0, 0.05) is 25.1 Å². The molecule has 0 spiro atoms. The van der Waals surface area contributed by atoms with E-state index in [1.54, 1.807) is 16.8 Å². The van der Waals surface area contributed by atoms with Crippen molar-refractivity contribution in [2.75, 3.05) is 18.0 Å². The Labute approximate surface area is 135 Å². The third-order valence-corrected chi connectivity index (χ3v) is 4.77. The van der Waals surface area contributed by atoms with Crippen molar-refractivity contribution in [3.63, 3.8) is 0 Å². The molecule has 2 aliphatic rings. The number of rotatable bonds is 3. The molecule has 1 fully saturated rings. The molecule has 0 radical (unpaired) electrons. The molecule has 0 N–H and O–H groups in total. The first-order valence-electron chi connectivity index (χ1n) is 8.34. The van der Waals surface area contributed by atoms with E-state index in [-0.39, 0.29) is 5.56 Å². The minimum absolute atomic E-state index is 0.0253. The van der Waals surface area contributed by atoms with E-state index in [4.69, 9.17) is 0 Å². The molecule has 120 valence electrons. The lowest BCUT2D eigenvalue weighted by atomic mass is 9.95. The lowest BCUT2D eigenvalue weighted by molar-refractivity contribution is 0.331. The highest BCUT2D eigenvalue weighted by atomic mass is 16.1. The number of hydrogen-bond acceptors (Lipinski definition) is 5. The van der Waals surface area contributed by atoms with Crippen molar-refractivity contribution < 1.29 is 0 Å². The van der Waals surface area contributed by atoms with Gasteiger partial charge in [0.2, 0.25) is 0 Å². The van der Waals surface area contributed by atoms with Crippen LogP contribution in [0.4, 0.5) is 5.82 Å². The monoisotopic (exact) mass is 311 g/mol. The molecule has 0 saturated carbocycles. The first kappa shape index (κ1) is 14.4. The van der Waals surface area contributed by atoms with Crippen LogP contribution in [0, 0.1) is 12.8 Å². The third-order valence-electron chi connectivity index (χ3n) is 4.77. The molecule has 23 heavy (non-hydrogen) atoms. The summed E-state index contributed by atoms with van der Waals surface area (Å²) in [5.74, 6) is 1.42. The highest BCUT2D eigenvalue weighted by Gasteiger charge is 2.29. The molecule has 1 aliphatic heterocycles. The Balaban J connectivity index is 1.41. The molecule has 2 aromatic heterocycles. The van der Waals surface area contributed by atoms with Crippen LogP contribution < -0.4 is 10.5 Å². The summed E-state index contributed by atoms with van der Waals surface area (Å²) in [5.41, 5.74) is 3.39. The number of nitrogens with zero attached hydrogens (tertiary/aromatic N) is 5. The zero-order valence-corrected chi connectivity index (χ0v) is 13.4. The second-order valence-corrected chi connectivity index (χ2v) is 6.65. The molecule has 1 aliphatic carbocycles. The summed E-state index contributed by atoms with van der Waals surface area (Å²) in [4.78, 5) is 14.1. The Hall–Kier alpha value is -2.24.